The van der Waals surface area contributed by atoms with E-state index in [-0.39, 0.29) is 11.8 Å². The molecule has 0 aromatic heterocycles. The first kappa shape index (κ1) is 14.1. The summed E-state index contributed by atoms with van der Waals surface area (Å²) in [5.74, 6) is 1.20. The van der Waals surface area contributed by atoms with E-state index in [0.29, 0.717) is 11.7 Å². The van der Waals surface area contributed by atoms with E-state index in [9.17, 15) is 4.79 Å². The van der Waals surface area contributed by atoms with E-state index in [0.717, 1.165) is 19.3 Å². The van der Waals surface area contributed by atoms with Crippen molar-refractivity contribution in [1.82, 2.24) is 0 Å². The van der Waals surface area contributed by atoms with Crippen molar-refractivity contribution in [3.05, 3.63) is 42.6 Å². The predicted octanol–water partition coefficient (Wildman–Crippen LogP) is 3.86. The molecule has 0 saturated heterocycles. The molecule has 0 heterocycles. The molecule has 19 heavy (non-hydrogen) atoms. The van der Waals surface area contributed by atoms with E-state index >= 15 is 0 Å². The van der Waals surface area contributed by atoms with E-state index in [4.69, 9.17) is 4.74 Å². The molecule has 2 nitrogen and oxygen atoms in total. The van der Waals surface area contributed by atoms with Crippen LogP contribution in [0.2, 0.25) is 0 Å². The number of ketones is 1. The minimum atomic E-state index is 0.118. The van der Waals surface area contributed by atoms with Gasteiger partial charge in [-0.15, -0.1) is 0 Å². The van der Waals surface area contributed by atoms with Crippen LogP contribution in [0.25, 0.3) is 0 Å². The lowest BCUT2D eigenvalue weighted by atomic mass is 9.68. The predicted molar refractivity (Wildman–Crippen MR) is 77.3 cm³/mol. The van der Waals surface area contributed by atoms with E-state index in [1.165, 1.54) is 12.0 Å². The topological polar surface area (TPSA) is 26.3 Å². The van der Waals surface area contributed by atoms with Gasteiger partial charge < -0.3 is 4.74 Å². The van der Waals surface area contributed by atoms with Crippen LogP contribution in [-0.4, -0.2) is 12.9 Å². The average Bonchev–Trinajstić information content (AvgIpc) is 2.94. The summed E-state index contributed by atoms with van der Waals surface area (Å²) in [4.78, 5) is 12.4. The zero-order valence-corrected chi connectivity index (χ0v) is 11.8. The smallest absolute Gasteiger partial charge is 0.137 e. The second-order valence-electron chi connectivity index (χ2n) is 5.36. The highest BCUT2D eigenvalue weighted by Gasteiger charge is 2.37. The summed E-state index contributed by atoms with van der Waals surface area (Å²) in [5, 5.41) is 0. The van der Waals surface area contributed by atoms with E-state index in [1.807, 2.05) is 18.6 Å². The Bertz CT molecular complexity index is 403. The molecule has 1 radical (unpaired) electrons. The first-order valence-corrected chi connectivity index (χ1v) is 7.21. The third-order valence-corrected chi connectivity index (χ3v) is 4.28. The lowest BCUT2D eigenvalue weighted by Gasteiger charge is -2.34. The Balaban J connectivity index is 2.26. The van der Waals surface area contributed by atoms with Crippen molar-refractivity contribution in [2.75, 3.05) is 7.11 Å². The fourth-order valence-corrected chi connectivity index (χ4v) is 3.31. The fraction of sp³-hybridized carbons (Fsp3) is 0.529. The molecule has 0 spiro atoms. The Hall–Kier alpha value is -1.31. The summed E-state index contributed by atoms with van der Waals surface area (Å²) in [7, 11) is 1.65. The number of hydrogen-bond acceptors (Lipinski definition) is 2. The van der Waals surface area contributed by atoms with Crippen molar-refractivity contribution in [3.63, 3.8) is 0 Å². The van der Waals surface area contributed by atoms with Gasteiger partial charge in [0.1, 0.15) is 5.78 Å². The number of Topliss-reactive ketones (excluding diaryl/α,β-unsaturated/α-hetero) is 1. The average molecular weight is 259 g/mol. The van der Waals surface area contributed by atoms with Crippen LogP contribution in [-0.2, 0) is 9.53 Å². The Morgan fingerprint density at radius 1 is 1.53 bits per heavy atom. The summed E-state index contributed by atoms with van der Waals surface area (Å²) in [6.07, 6.45) is 16.1. The number of hydrogen-bond donors (Lipinski definition) is 0. The first-order chi connectivity index (χ1) is 9.27. The Labute approximate surface area is 116 Å². The molecule has 0 N–H and O–H groups in total. The van der Waals surface area contributed by atoms with Crippen molar-refractivity contribution >= 4 is 5.78 Å². The van der Waals surface area contributed by atoms with E-state index < -0.39 is 0 Å². The van der Waals surface area contributed by atoms with Crippen molar-refractivity contribution in [3.8, 4) is 0 Å². The molecule has 1 saturated carbocycles. The van der Waals surface area contributed by atoms with Crippen LogP contribution in [0.1, 0.15) is 32.6 Å². The van der Waals surface area contributed by atoms with Crippen LogP contribution in [0.15, 0.2) is 36.1 Å². The molecule has 0 unspecified atom stereocenters. The Morgan fingerprint density at radius 2 is 2.37 bits per heavy atom. The largest absolute Gasteiger partial charge is 0.505 e. The van der Waals surface area contributed by atoms with Crippen molar-refractivity contribution in [2.45, 2.75) is 32.6 Å². The zero-order valence-electron chi connectivity index (χ0n) is 11.8. The maximum atomic E-state index is 12.4. The second-order valence-corrected chi connectivity index (χ2v) is 5.36. The molecular weight excluding hydrogens is 236 g/mol. The molecule has 0 amide bonds. The quantitative estimate of drug-likeness (QED) is 0.701. The van der Waals surface area contributed by atoms with Gasteiger partial charge in [-0.1, -0.05) is 31.6 Å². The van der Waals surface area contributed by atoms with Gasteiger partial charge in [0.15, 0.2) is 0 Å². The van der Waals surface area contributed by atoms with E-state index in [2.05, 4.69) is 19.1 Å². The number of carbonyl (C=O) groups excluding carboxylic acids is 1. The first-order valence-electron chi connectivity index (χ1n) is 7.21. The monoisotopic (exact) mass is 259 g/mol. The molecule has 103 valence electrons. The Kier molecular flexibility index (Phi) is 5.00. The molecule has 2 aliphatic rings. The zero-order chi connectivity index (χ0) is 13.7. The highest BCUT2D eigenvalue weighted by atomic mass is 16.5. The van der Waals surface area contributed by atoms with Crippen molar-refractivity contribution < 1.29 is 9.53 Å². The lowest BCUT2D eigenvalue weighted by Crippen LogP contribution is -2.34. The number of methoxy groups -OCH3 is 1. The van der Waals surface area contributed by atoms with Gasteiger partial charge in [0.25, 0.3) is 0 Å². The van der Waals surface area contributed by atoms with Gasteiger partial charge in [0.05, 0.1) is 13.4 Å². The molecular formula is C17H23O2. The van der Waals surface area contributed by atoms with Gasteiger partial charge >= 0.3 is 0 Å². The number of rotatable bonds is 5. The van der Waals surface area contributed by atoms with Crippen LogP contribution in [0.3, 0.4) is 0 Å². The van der Waals surface area contributed by atoms with Crippen LogP contribution in [0.4, 0.5) is 0 Å². The minimum absolute atomic E-state index is 0.118. The molecule has 1 fully saturated rings. The lowest BCUT2D eigenvalue weighted by molar-refractivity contribution is -0.127. The standard InChI is InChI=1S/C17H23O2/c1-3-13-9-6-10-16(18)17(13)15(11-12-19-2)14-7-4-5-8-14/h4-5,7-8,11-13,15,17H,3,6,9-10H2,1-2H3/b12-11-/t13-,15-,17-/m0/s1. The fourth-order valence-electron chi connectivity index (χ4n) is 3.31. The SMILES string of the molecule is CC[C@H]1CCCC(=O)[C@@H]1[C@@H](/C=C\OC)C1=C[CH]C=C1. The van der Waals surface area contributed by atoms with Crippen molar-refractivity contribution in [2.24, 2.45) is 17.8 Å². The summed E-state index contributed by atoms with van der Waals surface area (Å²) in [6.45, 7) is 2.19. The number of carbonyl (C=O) groups is 1. The summed E-state index contributed by atoms with van der Waals surface area (Å²) in [5.41, 5.74) is 1.23. The highest BCUT2D eigenvalue weighted by Crippen LogP contribution is 2.39. The van der Waals surface area contributed by atoms with Gasteiger partial charge in [-0.2, -0.15) is 0 Å². The van der Waals surface area contributed by atoms with E-state index in [1.54, 1.807) is 13.4 Å². The van der Waals surface area contributed by atoms with Gasteiger partial charge in [-0.3, -0.25) is 4.79 Å². The molecule has 2 rings (SSSR count). The summed E-state index contributed by atoms with van der Waals surface area (Å²) >= 11 is 0. The van der Waals surface area contributed by atoms with Crippen LogP contribution < -0.4 is 0 Å². The van der Waals surface area contributed by atoms with Crippen LogP contribution in [0, 0.1) is 24.2 Å². The van der Waals surface area contributed by atoms with Crippen LogP contribution in [0.5, 0.6) is 0 Å². The normalized spacial score (nSPS) is 28.7. The van der Waals surface area contributed by atoms with Gasteiger partial charge in [0.2, 0.25) is 0 Å². The molecule has 0 bridgehead atoms. The summed E-state index contributed by atoms with van der Waals surface area (Å²) < 4.78 is 5.07. The van der Waals surface area contributed by atoms with Gasteiger partial charge in [-0.05, 0) is 30.4 Å². The molecule has 0 aliphatic heterocycles. The number of allylic oxidation sites excluding steroid dienone is 5. The number of ether oxygens (including phenoxy) is 1. The van der Waals surface area contributed by atoms with Gasteiger partial charge in [-0.25, -0.2) is 0 Å². The molecule has 0 aromatic rings. The maximum Gasteiger partial charge on any atom is 0.137 e. The highest BCUT2D eigenvalue weighted by molar-refractivity contribution is 5.83. The second kappa shape index (κ2) is 6.74. The molecule has 0 aromatic carbocycles. The Morgan fingerprint density at radius 3 is 3.00 bits per heavy atom. The third-order valence-electron chi connectivity index (χ3n) is 4.28. The van der Waals surface area contributed by atoms with Crippen molar-refractivity contribution in [1.29, 1.82) is 0 Å². The van der Waals surface area contributed by atoms with Gasteiger partial charge in [0, 0.05) is 24.7 Å². The molecule has 2 aliphatic carbocycles. The maximum absolute atomic E-state index is 12.4. The summed E-state index contributed by atoms with van der Waals surface area (Å²) in [6, 6.07) is 0. The van der Waals surface area contributed by atoms with Crippen LogP contribution >= 0.6 is 0 Å². The third kappa shape index (κ3) is 3.17. The molecule has 3 atom stereocenters. The minimum Gasteiger partial charge on any atom is -0.505 e. The molecule has 2 heteroatoms.